The third-order valence-electron chi connectivity index (χ3n) is 7.72. The topological polar surface area (TPSA) is 12.0 Å². The summed E-state index contributed by atoms with van der Waals surface area (Å²) in [6, 6.07) is 23.6. The predicted molar refractivity (Wildman–Crippen MR) is 147 cm³/mol. The van der Waals surface area contributed by atoms with E-state index < -0.39 is 8.24 Å². The highest BCUT2D eigenvalue weighted by Crippen LogP contribution is 2.32. The first-order valence-electron chi connectivity index (χ1n) is 13.6. The molecule has 1 fully saturated rings. The summed E-state index contributed by atoms with van der Waals surface area (Å²) in [5, 5.41) is 4.78. The second-order valence-electron chi connectivity index (χ2n) is 10.1. The summed E-state index contributed by atoms with van der Waals surface area (Å²) in [6.45, 7) is 2.30. The zero-order valence-corrected chi connectivity index (χ0v) is 21.7. The minimum atomic E-state index is -2.28. The highest BCUT2D eigenvalue weighted by molar-refractivity contribution is 7.05. The molecule has 2 aromatic rings. The number of benzene rings is 2. The SMILES string of the molecule is CCCCCCCCC1=C([Si](NC2CCCCC2)(c2ccccc2)c2ccccc2)CC=C1. The van der Waals surface area contributed by atoms with E-state index in [9.17, 15) is 0 Å². The Morgan fingerprint density at radius 2 is 1.36 bits per heavy atom. The molecule has 176 valence electrons. The summed E-state index contributed by atoms with van der Waals surface area (Å²) in [5.41, 5.74) is 1.63. The molecule has 0 radical (unpaired) electrons. The van der Waals surface area contributed by atoms with Gasteiger partial charge in [0.1, 0.15) is 0 Å². The molecule has 1 nitrogen and oxygen atoms in total. The number of allylic oxidation sites excluding steroid dienone is 4. The molecule has 0 atom stereocenters. The molecule has 0 aromatic heterocycles. The molecule has 0 aliphatic heterocycles. The standard InChI is InChI=1S/C31H43NSi/c1-2-3-4-5-6-10-18-27-19-17-26-31(27)33(29-22-13-8-14-23-29,30-24-15-9-16-25-30)32-28-20-11-7-12-21-28/h8-9,13-17,19,22-25,28,32H,2-7,10-12,18,20-21,26H2,1H3. The molecule has 1 N–H and O–H groups in total. The molecule has 2 heteroatoms. The molecule has 0 saturated heterocycles. The number of hydrogen-bond donors (Lipinski definition) is 1. The molecule has 2 aromatic carbocycles. The molecule has 4 rings (SSSR count). The van der Waals surface area contributed by atoms with Crippen molar-refractivity contribution in [3.05, 3.63) is 83.6 Å². The number of hydrogen-bond acceptors (Lipinski definition) is 1. The van der Waals surface area contributed by atoms with Crippen molar-refractivity contribution in [1.82, 2.24) is 4.98 Å². The van der Waals surface area contributed by atoms with Gasteiger partial charge in [0.15, 0.2) is 0 Å². The van der Waals surface area contributed by atoms with Crippen molar-refractivity contribution in [1.29, 1.82) is 0 Å². The van der Waals surface area contributed by atoms with Gasteiger partial charge in [-0.15, -0.1) is 0 Å². The van der Waals surface area contributed by atoms with Crippen LogP contribution < -0.4 is 15.4 Å². The van der Waals surface area contributed by atoms with E-state index in [4.69, 9.17) is 0 Å². The summed E-state index contributed by atoms with van der Waals surface area (Å²) in [6.07, 6.45) is 22.2. The Morgan fingerprint density at radius 1 is 0.758 bits per heavy atom. The van der Waals surface area contributed by atoms with E-state index in [2.05, 4.69) is 84.7 Å². The van der Waals surface area contributed by atoms with E-state index in [0.29, 0.717) is 6.04 Å². The summed E-state index contributed by atoms with van der Waals surface area (Å²) in [5.74, 6) is 0. The second kappa shape index (κ2) is 12.5. The average Bonchev–Trinajstić information content (AvgIpc) is 3.35. The lowest BCUT2D eigenvalue weighted by molar-refractivity contribution is 0.416. The molecule has 33 heavy (non-hydrogen) atoms. The quantitative estimate of drug-likeness (QED) is 0.262. The molecule has 0 amide bonds. The molecular formula is C31H43NSi. The fraction of sp³-hybridized carbons (Fsp3) is 0.484. The second-order valence-corrected chi connectivity index (χ2v) is 13.6. The first kappa shape index (κ1) is 24.2. The van der Waals surface area contributed by atoms with Crippen LogP contribution >= 0.6 is 0 Å². The Balaban J connectivity index is 1.71. The first-order valence-corrected chi connectivity index (χ1v) is 15.6. The molecular weight excluding hydrogens is 414 g/mol. The Kier molecular flexibility index (Phi) is 9.20. The van der Waals surface area contributed by atoms with Crippen LogP contribution in [0.5, 0.6) is 0 Å². The lowest BCUT2D eigenvalue weighted by Gasteiger charge is -2.40. The fourth-order valence-corrected chi connectivity index (χ4v) is 10.9. The van der Waals surface area contributed by atoms with Crippen molar-refractivity contribution in [2.45, 2.75) is 96.4 Å². The summed E-state index contributed by atoms with van der Waals surface area (Å²) < 4.78 is 0. The number of unbranched alkanes of at least 4 members (excludes halogenated alkanes) is 5. The smallest absolute Gasteiger partial charge is 0.219 e. The summed E-state index contributed by atoms with van der Waals surface area (Å²) >= 11 is 0. The van der Waals surface area contributed by atoms with E-state index >= 15 is 0 Å². The normalized spacial score (nSPS) is 17.1. The van der Waals surface area contributed by atoms with Gasteiger partial charge in [0.05, 0.1) is 0 Å². The minimum absolute atomic E-state index is 0.634. The maximum absolute atomic E-state index is 4.43. The van der Waals surface area contributed by atoms with Crippen LogP contribution in [0.3, 0.4) is 0 Å². The molecule has 0 bridgehead atoms. The van der Waals surface area contributed by atoms with E-state index in [1.807, 2.05) is 0 Å². The van der Waals surface area contributed by atoms with E-state index in [1.165, 1.54) is 87.4 Å². The predicted octanol–water partition coefficient (Wildman–Crippen LogP) is 7.21. The van der Waals surface area contributed by atoms with Crippen LogP contribution in [0.4, 0.5) is 0 Å². The van der Waals surface area contributed by atoms with Gasteiger partial charge in [-0.05, 0) is 42.5 Å². The maximum atomic E-state index is 4.43. The van der Waals surface area contributed by atoms with Crippen molar-refractivity contribution in [3.8, 4) is 0 Å². The van der Waals surface area contributed by atoms with Crippen molar-refractivity contribution in [2.75, 3.05) is 0 Å². The van der Waals surface area contributed by atoms with Gasteiger partial charge in [0.2, 0.25) is 8.24 Å². The number of rotatable bonds is 12. The van der Waals surface area contributed by atoms with Gasteiger partial charge >= 0.3 is 0 Å². The maximum Gasteiger partial charge on any atom is 0.219 e. The highest BCUT2D eigenvalue weighted by Gasteiger charge is 2.44. The van der Waals surface area contributed by atoms with E-state index in [0.717, 1.165) is 6.42 Å². The highest BCUT2D eigenvalue weighted by atomic mass is 28.3. The summed E-state index contributed by atoms with van der Waals surface area (Å²) in [7, 11) is -2.28. The van der Waals surface area contributed by atoms with Gasteiger partial charge in [-0.2, -0.15) is 0 Å². The first-order chi connectivity index (χ1) is 16.3. The molecule has 2 aliphatic carbocycles. The monoisotopic (exact) mass is 457 g/mol. The van der Waals surface area contributed by atoms with Crippen molar-refractivity contribution in [3.63, 3.8) is 0 Å². The Hall–Kier alpha value is -1.90. The van der Waals surface area contributed by atoms with Gasteiger partial charge in [-0.25, -0.2) is 0 Å². The Morgan fingerprint density at radius 3 is 2.00 bits per heavy atom. The largest absolute Gasteiger partial charge is 0.324 e. The van der Waals surface area contributed by atoms with Gasteiger partial charge in [0.25, 0.3) is 0 Å². The van der Waals surface area contributed by atoms with E-state index in [1.54, 1.807) is 10.8 Å². The lowest BCUT2D eigenvalue weighted by Crippen LogP contribution is -2.72. The summed E-state index contributed by atoms with van der Waals surface area (Å²) in [4.78, 5) is 4.43. The fourth-order valence-electron chi connectivity index (χ4n) is 5.97. The zero-order chi connectivity index (χ0) is 22.8. The third-order valence-corrected chi connectivity index (χ3v) is 12.4. The molecule has 0 heterocycles. The van der Waals surface area contributed by atoms with Crippen LogP contribution in [0.15, 0.2) is 83.6 Å². The third kappa shape index (κ3) is 5.97. The zero-order valence-electron chi connectivity index (χ0n) is 20.7. The number of nitrogens with one attached hydrogen (secondary N) is 1. The lowest BCUT2D eigenvalue weighted by atomic mass is 9.96. The van der Waals surface area contributed by atoms with Gasteiger partial charge in [-0.1, -0.05) is 142 Å². The van der Waals surface area contributed by atoms with Crippen molar-refractivity contribution in [2.24, 2.45) is 0 Å². The van der Waals surface area contributed by atoms with Gasteiger partial charge < -0.3 is 4.98 Å². The van der Waals surface area contributed by atoms with Crippen LogP contribution in [0, 0.1) is 0 Å². The van der Waals surface area contributed by atoms with Gasteiger partial charge in [-0.3, -0.25) is 0 Å². The molecule has 0 spiro atoms. The molecule has 2 aliphatic rings. The Bertz CT molecular complexity index is 854. The van der Waals surface area contributed by atoms with Gasteiger partial charge in [0, 0.05) is 6.04 Å². The van der Waals surface area contributed by atoms with Crippen LogP contribution in [0.25, 0.3) is 0 Å². The van der Waals surface area contributed by atoms with Crippen LogP contribution in [0.1, 0.15) is 90.4 Å². The average molecular weight is 458 g/mol. The Labute approximate surface area is 203 Å². The minimum Gasteiger partial charge on any atom is -0.324 e. The van der Waals surface area contributed by atoms with Crippen LogP contribution in [0.2, 0.25) is 0 Å². The molecule has 1 saturated carbocycles. The van der Waals surface area contributed by atoms with Crippen LogP contribution in [-0.2, 0) is 0 Å². The van der Waals surface area contributed by atoms with Crippen LogP contribution in [-0.4, -0.2) is 14.3 Å². The van der Waals surface area contributed by atoms with Crippen molar-refractivity contribution >= 4 is 18.6 Å². The van der Waals surface area contributed by atoms with E-state index in [-0.39, 0.29) is 0 Å². The molecule has 0 unspecified atom stereocenters. The van der Waals surface area contributed by atoms with Crippen molar-refractivity contribution < 1.29 is 0 Å².